The van der Waals surface area contributed by atoms with Crippen LogP contribution in [0.5, 0.6) is 0 Å². The molecule has 0 amide bonds. The Hall–Kier alpha value is -1.62. The number of unbranched alkanes of at least 4 members (excludes halogenated alkanes) is 15. The van der Waals surface area contributed by atoms with Gasteiger partial charge in [0.25, 0.3) is 0 Å². The summed E-state index contributed by atoms with van der Waals surface area (Å²) in [5.74, 6) is 0.726. The number of nitrogens with two attached hydrogens (primary N) is 1. The number of hydrogen-bond acceptors (Lipinski definition) is 8. The first-order valence-electron chi connectivity index (χ1n) is 16.0. The van der Waals surface area contributed by atoms with Crippen molar-refractivity contribution >= 4 is 24.6 Å². The van der Waals surface area contributed by atoms with Crippen LogP contribution >= 0.6 is 7.60 Å². The lowest BCUT2D eigenvalue weighted by atomic mass is 10.0. The van der Waals surface area contributed by atoms with Crippen LogP contribution in [0.2, 0.25) is 0 Å². The first-order valence-corrected chi connectivity index (χ1v) is 17.8. The van der Waals surface area contributed by atoms with Crippen molar-refractivity contribution in [3.63, 3.8) is 0 Å². The number of nitrogens with zero attached hydrogens (tertiary/aromatic N) is 4. The van der Waals surface area contributed by atoms with Gasteiger partial charge in [-0.15, -0.1) is 0 Å². The lowest BCUT2D eigenvalue weighted by Gasteiger charge is -2.18. The van der Waals surface area contributed by atoms with E-state index in [0.717, 1.165) is 12.8 Å². The van der Waals surface area contributed by atoms with E-state index in [9.17, 15) is 4.57 Å². The van der Waals surface area contributed by atoms with E-state index in [1.807, 2.05) is 6.92 Å². The van der Waals surface area contributed by atoms with Gasteiger partial charge in [0.15, 0.2) is 17.3 Å². The maximum absolute atomic E-state index is 11.2. The standard InChI is InChI=1S/C30H56N5O6P/c1-4-5-6-7-8-9-10-11-12-13-14-15-16-17-18-19-20-40-25(2)29-33-28(31)27-30(34-29)35(23-32-27)21-26(22-39-3)41-24-42(36,37)38/h23,25-26H,4-22,24H2,1-3H3,(H2,31,33,34)(H2,36,37,38). The van der Waals surface area contributed by atoms with Gasteiger partial charge in [-0.2, -0.15) is 0 Å². The summed E-state index contributed by atoms with van der Waals surface area (Å²) in [5, 5.41) is 0. The van der Waals surface area contributed by atoms with Crippen molar-refractivity contribution in [2.45, 2.75) is 135 Å². The SMILES string of the molecule is CCCCCCCCCCCCCCCCCCOC(C)c1nc(N)c2ncn(CC(COC)OCP(=O)(O)O)c2n1. The number of fused-ring (bicyclic) bond motifs is 1. The molecule has 0 aromatic carbocycles. The predicted octanol–water partition coefficient (Wildman–Crippen LogP) is 6.91. The summed E-state index contributed by atoms with van der Waals surface area (Å²) in [6.45, 7) is 5.19. The predicted molar refractivity (Wildman–Crippen MR) is 167 cm³/mol. The Kier molecular flexibility index (Phi) is 18.4. The van der Waals surface area contributed by atoms with Crippen LogP contribution < -0.4 is 5.73 Å². The van der Waals surface area contributed by atoms with Crippen molar-refractivity contribution in [3.8, 4) is 0 Å². The van der Waals surface area contributed by atoms with E-state index in [0.29, 0.717) is 23.6 Å². The van der Waals surface area contributed by atoms with Crippen LogP contribution in [0.25, 0.3) is 11.2 Å². The highest BCUT2D eigenvalue weighted by Gasteiger charge is 2.21. The Morgan fingerprint density at radius 3 is 1.95 bits per heavy atom. The molecule has 0 saturated carbocycles. The fraction of sp³-hybridized carbons (Fsp3) is 0.833. The molecule has 0 saturated heterocycles. The normalized spacial score (nSPS) is 13.6. The summed E-state index contributed by atoms with van der Waals surface area (Å²) in [4.78, 5) is 31.7. The average Bonchev–Trinajstić information content (AvgIpc) is 3.36. The van der Waals surface area contributed by atoms with Crippen molar-refractivity contribution in [2.75, 3.05) is 32.4 Å². The lowest BCUT2D eigenvalue weighted by molar-refractivity contribution is 0.00413. The Labute approximate surface area is 252 Å². The zero-order valence-corrected chi connectivity index (χ0v) is 27.1. The van der Waals surface area contributed by atoms with Crippen LogP contribution in [0.15, 0.2) is 6.33 Å². The van der Waals surface area contributed by atoms with E-state index < -0.39 is 20.0 Å². The molecule has 0 aliphatic heterocycles. The van der Waals surface area contributed by atoms with Gasteiger partial charge in [-0.25, -0.2) is 15.0 Å². The van der Waals surface area contributed by atoms with Gasteiger partial charge < -0.3 is 34.3 Å². The van der Waals surface area contributed by atoms with Crippen molar-refractivity contribution in [1.82, 2.24) is 19.5 Å². The molecule has 2 rings (SSSR count). The first kappa shape index (κ1) is 36.6. The van der Waals surface area contributed by atoms with Gasteiger partial charge in [0.05, 0.1) is 25.6 Å². The summed E-state index contributed by atoms with van der Waals surface area (Å²) >= 11 is 0. The van der Waals surface area contributed by atoms with Crippen molar-refractivity contribution < 1.29 is 28.6 Å². The molecule has 2 aromatic heterocycles. The molecule has 0 radical (unpaired) electrons. The third-order valence-corrected chi connectivity index (χ3v) is 7.95. The highest BCUT2D eigenvalue weighted by molar-refractivity contribution is 7.51. The number of imidazole rings is 1. The van der Waals surface area contributed by atoms with Crippen molar-refractivity contribution in [3.05, 3.63) is 12.2 Å². The molecule has 0 aliphatic rings. The van der Waals surface area contributed by atoms with Crippen LogP contribution in [-0.4, -0.2) is 62.1 Å². The summed E-state index contributed by atoms with van der Waals surface area (Å²) in [5.41, 5.74) is 7.13. The monoisotopic (exact) mass is 613 g/mol. The molecule has 0 aliphatic carbocycles. The van der Waals surface area contributed by atoms with Crippen LogP contribution in [0.1, 0.15) is 129 Å². The summed E-state index contributed by atoms with van der Waals surface area (Å²) in [7, 11) is -2.81. The number of anilines is 1. The van der Waals surface area contributed by atoms with E-state index in [4.69, 9.17) is 29.7 Å². The maximum Gasteiger partial charge on any atom is 0.350 e. The molecular weight excluding hydrogens is 557 g/mol. The second-order valence-electron chi connectivity index (χ2n) is 11.4. The molecule has 0 fully saturated rings. The second kappa shape index (κ2) is 21.1. The number of methoxy groups -OCH3 is 1. The molecule has 0 spiro atoms. The Bertz CT molecular complexity index is 1030. The van der Waals surface area contributed by atoms with Gasteiger partial charge in [0.2, 0.25) is 0 Å². The largest absolute Gasteiger partial charge is 0.382 e. The first-order chi connectivity index (χ1) is 20.2. The van der Waals surface area contributed by atoms with E-state index in [1.165, 1.54) is 97.0 Å². The molecular formula is C30H56N5O6P. The smallest absolute Gasteiger partial charge is 0.350 e. The maximum atomic E-state index is 11.2. The Morgan fingerprint density at radius 2 is 1.43 bits per heavy atom. The van der Waals surface area contributed by atoms with E-state index in [-0.39, 0.29) is 25.1 Å². The van der Waals surface area contributed by atoms with Crippen LogP contribution in [0, 0.1) is 0 Å². The van der Waals surface area contributed by atoms with Gasteiger partial charge in [-0.1, -0.05) is 103 Å². The highest BCUT2D eigenvalue weighted by Crippen LogP contribution is 2.34. The van der Waals surface area contributed by atoms with Crippen molar-refractivity contribution in [2.24, 2.45) is 0 Å². The summed E-state index contributed by atoms with van der Waals surface area (Å²) < 4.78 is 29.5. The minimum absolute atomic E-state index is 0.145. The van der Waals surface area contributed by atoms with Gasteiger partial charge in [-0.05, 0) is 13.3 Å². The molecule has 2 aromatic rings. The quantitative estimate of drug-likeness (QED) is 0.0752. The zero-order valence-electron chi connectivity index (χ0n) is 26.2. The van der Waals surface area contributed by atoms with Gasteiger partial charge >= 0.3 is 7.60 Å². The number of aromatic nitrogens is 4. The molecule has 2 heterocycles. The summed E-state index contributed by atoms with van der Waals surface area (Å²) in [6, 6.07) is 0. The molecule has 242 valence electrons. The van der Waals surface area contributed by atoms with E-state index in [2.05, 4.69) is 21.9 Å². The Morgan fingerprint density at radius 1 is 0.881 bits per heavy atom. The lowest BCUT2D eigenvalue weighted by Crippen LogP contribution is -2.25. The van der Waals surface area contributed by atoms with Gasteiger partial charge in [0.1, 0.15) is 18.0 Å². The minimum atomic E-state index is -4.31. The van der Waals surface area contributed by atoms with E-state index in [1.54, 1.807) is 10.9 Å². The minimum Gasteiger partial charge on any atom is -0.382 e. The van der Waals surface area contributed by atoms with Crippen LogP contribution in [0.4, 0.5) is 5.82 Å². The van der Waals surface area contributed by atoms with Crippen LogP contribution in [0.3, 0.4) is 0 Å². The highest BCUT2D eigenvalue weighted by atomic mass is 31.2. The van der Waals surface area contributed by atoms with Gasteiger partial charge in [0, 0.05) is 13.7 Å². The molecule has 2 atom stereocenters. The Balaban J connectivity index is 1.64. The number of hydrogen-bond donors (Lipinski definition) is 3. The number of nitrogen functional groups attached to an aromatic ring is 1. The molecule has 11 nitrogen and oxygen atoms in total. The fourth-order valence-electron chi connectivity index (χ4n) is 5.05. The average molecular weight is 614 g/mol. The van der Waals surface area contributed by atoms with Crippen LogP contribution in [-0.2, 0) is 25.3 Å². The third kappa shape index (κ3) is 15.2. The third-order valence-electron chi connectivity index (χ3n) is 7.47. The molecule has 12 heteroatoms. The number of ether oxygens (including phenoxy) is 3. The molecule has 0 bridgehead atoms. The molecule has 42 heavy (non-hydrogen) atoms. The summed E-state index contributed by atoms with van der Waals surface area (Å²) in [6.07, 6.45) is 21.2. The van der Waals surface area contributed by atoms with Crippen molar-refractivity contribution in [1.29, 1.82) is 0 Å². The topological polar surface area (TPSA) is 155 Å². The van der Waals surface area contributed by atoms with Gasteiger partial charge in [-0.3, -0.25) is 4.57 Å². The zero-order chi connectivity index (χ0) is 30.6. The second-order valence-corrected chi connectivity index (χ2v) is 13.0. The molecule has 2 unspecified atom stereocenters. The number of rotatable bonds is 26. The van der Waals surface area contributed by atoms with E-state index >= 15 is 0 Å². The fourth-order valence-corrected chi connectivity index (χ4v) is 5.45. The molecule has 4 N–H and O–H groups in total.